The minimum absolute atomic E-state index is 0.384. The zero-order valence-corrected chi connectivity index (χ0v) is 13.6. The lowest BCUT2D eigenvalue weighted by Crippen LogP contribution is -1.88. The van der Waals surface area contributed by atoms with Gasteiger partial charge in [0.15, 0.2) is 0 Å². The van der Waals surface area contributed by atoms with E-state index in [2.05, 4.69) is 68.2 Å². The molecule has 4 aromatic rings. The smallest absolute Gasteiger partial charge is 0.143 e. The maximum atomic E-state index is 6.32. The molecule has 0 saturated heterocycles. The molecule has 23 heavy (non-hydrogen) atoms. The number of rotatable bonds is 2. The van der Waals surface area contributed by atoms with Gasteiger partial charge in [-0.05, 0) is 18.4 Å². The summed E-state index contributed by atoms with van der Waals surface area (Å²) in [5, 5.41) is 2.23. The predicted molar refractivity (Wildman–Crippen MR) is 95.8 cm³/mol. The Kier molecular flexibility index (Phi) is 3.19. The largest absolute Gasteiger partial charge is 0.455 e. The van der Waals surface area contributed by atoms with Crippen LogP contribution < -0.4 is 0 Å². The fraction of sp³-hybridized carbons (Fsp3) is 0.190. The number of fused-ring (bicyclic) bond motifs is 3. The number of aryl methyl sites for hydroxylation is 1. The lowest BCUT2D eigenvalue weighted by Gasteiger charge is -2.04. The third kappa shape index (κ3) is 2.22. The summed E-state index contributed by atoms with van der Waals surface area (Å²) in [6.07, 6.45) is 3.83. The van der Waals surface area contributed by atoms with Gasteiger partial charge < -0.3 is 4.42 Å². The maximum Gasteiger partial charge on any atom is 0.143 e. The standard InChI is InChI=1S/C21H19NO/c1-13(2)18-11-22-12-19-17-6-4-5-16(20(17)23-21(18)19)15-9-7-14(3)8-10-15/h4-13H,1-3H3. The van der Waals surface area contributed by atoms with Gasteiger partial charge in [0, 0.05) is 34.3 Å². The second-order valence-corrected chi connectivity index (χ2v) is 6.41. The number of nitrogens with zero attached hydrogens (tertiary/aromatic N) is 1. The Labute approximate surface area is 135 Å². The Bertz CT molecular complexity index is 994. The van der Waals surface area contributed by atoms with Gasteiger partial charge in [-0.1, -0.05) is 61.9 Å². The van der Waals surface area contributed by atoms with Crippen molar-refractivity contribution >= 4 is 21.9 Å². The van der Waals surface area contributed by atoms with Crippen molar-refractivity contribution in [2.75, 3.05) is 0 Å². The van der Waals surface area contributed by atoms with Crippen molar-refractivity contribution < 1.29 is 4.42 Å². The van der Waals surface area contributed by atoms with Crippen molar-refractivity contribution in [3.63, 3.8) is 0 Å². The first-order valence-corrected chi connectivity index (χ1v) is 8.01. The first kappa shape index (κ1) is 14.0. The molecule has 0 unspecified atom stereocenters. The molecule has 114 valence electrons. The van der Waals surface area contributed by atoms with E-state index >= 15 is 0 Å². The average Bonchev–Trinajstić information content (AvgIpc) is 2.94. The zero-order valence-electron chi connectivity index (χ0n) is 13.6. The molecule has 2 aromatic heterocycles. The number of benzene rings is 2. The summed E-state index contributed by atoms with van der Waals surface area (Å²) in [6.45, 7) is 6.45. The quantitative estimate of drug-likeness (QED) is 0.448. The lowest BCUT2D eigenvalue weighted by molar-refractivity contribution is 0.657. The summed E-state index contributed by atoms with van der Waals surface area (Å²) in [5.74, 6) is 0.384. The number of para-hydroxylation sites is 1. The van der Waals surface area contributed by atoms with E-state index in [0.717, 1.165) is 33.1 Å². The van der Waals surface area contributed by atoms with Crippen LogP contribution in [0.25, 0.3) is 33.1 Å². The minimum atomic E-state index is 0.384. The molecule has 0 fully saturated rings. The van der Waals surface area contributed by atoms with E-state index < -0.39 is 0 Å². The Balaban J connectivity index is 2.06. The fourth-order valence-corrected chi connectivity index (χ4v) is 3.10. The summed E-state index contributed by atoms with van der Waals surface area (Å²) in [6, 6.07) is 14.9. The Morgan fingerprint density at radius 1 is 0.870 bits per heavy atom. The number of hydrogen-bond acceptors (Lipinski definition) is 2. The first-order chi connectivity index (χ1) is 11.1. The zero-order chi connectivity index (χ0) is 16.0. The molecule has 0 bridgehead atoms. The SMILES string of the molecule is Cc1ccc(-c2cccc3c2oc2c(C(C)C)cncc23)cc1. The van der Waals surface area contributed by atoms with Crippen molar-refractivity contribution in [1.29, 1.82) is 0 Å². The normalized spacial score (nSPS) is 11.7. The van der Waals surface area contributed by atoms with Gasteiger partial charge in [-0.25, -0.2) is 0 Å². The molecule has 2 heterocycles. The third-order valence-corrected chi connectivity index (χ3v) is 4.42. The second-order valence-electron chi connectivity index (χ2n) is 6.41. The molecule has 0 radical (unpaired) electrons. The molecule has 4 rings (SSSR count). The highest BCUT2D eigenvalue weighted by Gasteiger charge is 2.16. The molecule has 2 heteroatoms. The van der Waals surface area contributed by atoms with E-state index in [4.69, 9.17) is 4.42 Å². The van der Waals surface area contributed by atoms with Gasteiger partial charge in [-0.15, -0.1) is 0 Å². The van der Waals surface area contributed by atoms with Crippen LogP contribution in [0.15, 0.2) is 59.3 Å². The third-order valence-electron chi connectivity index (χ3n) is 4.42. The van der Waals surface area contributed by atoms with Crippen LogP contribution in [-0.4, -0.2) is 4.98 Å². The highest BCUT2D eigenvalue weighted by atomic mass is 16.3. The molecule has 0 aliphatic heterocycles. The topological polar surface area (TPSA) is 26.0 Å². The monoisotopic (exact) mass is 301 g/mol. The minimum Gasteiger partial charge on any atom is -0.455 e. The van der Waals surface area contributed by atoms with Crippen LogP contribution in [-0.2, 0) is 0 Å². The van der Waals surface area contributed by atoms with Crippen molar-refractivity contribution in [3.05, 3.63) is 66.0 Å². The average molecular weight is 301 g/mol. The summed E-state index contributed by atoms with van der Waals surface area (Å²) < 4.78 is 6.32. The Morgan fingerprint density at radius 3 is 2.39 bits per heavy atom. The van der Waals surface area contributed by atoms with E-state index in [0.29, 0.717) is 5.92 Å². The number of aromatic nitrogens is 1. The molecule has 0 saturated carbocycles. The predicted octanol–water partition coefficient (Wildman–Crippen LogP) is 6.08. The summed E-state index contributed by atoms with van der Waals surface area (Å²) in [5.41, 5.74) is 6.64. The summed E-state index contributed by atoms with van der Waals surface area (Å²) in [7, 11) is 0. The summed E-state index contributed by atoms with van der Waals surface area (Å²) >= 11 is 0. The molecular formula is C21H19NO. The van der Waals surface area contributed by atoms with Crippen LogP contribution in [0.3, 0.4) is 0 Å². The Morgan fingerprint density at radius 2 is 1.65 bits per heavy atom. The lowest BCUT2D eigenvalue weighted by atomic mass is 10.0. The fourth-order valence-electron chi connectivity index (χ4n) is 3.10. The van der Waals surface area contributed by atoms with Crippen LogP contribution in [0.4, 0.5) is 0 Å². The first-order valence-electron chi connectivity index (χ1n) is 8.01. The van der Waals surface area contributed by atoms with Gasteiger partial charge in [-0.3, -0.25) is 4.98 Å². The molecule has 0 aliphatic carbocycles. The van der Waals surface area contributed by atoms with Crippen molar-refractivity contribution in [1.82, 2.24) is 4.98 Å². The van der Waals surface area contributed by atoms with Crippen LogP contribution in [0.2, 0.25) is 0 Å². The number of furan rings is 1. The molecule has 2 nitrogen and oxygen atoms in total. The number of hydrogen-bond donors (Lipinski definition) is 0. The van der Waals surface area contributed by atoms with Gasteiger partial charge in [0.05, 0.1) is 0 Å². The molecule has 0 N–H and O–H groups in total. The van der Waals surface area contributed by atoms with E-state index in [1.54, 1.807) is 0 Å². The molecule has 0 amide bonds. The molecule has 0 aliphatic rings. The van der Waals surface area contributed by atoms with Crippen molar-refractivity contribution in [2.24, 2.45) is 0 Å². The molecule has 0 spiro atoms. The van der Waals surface area contributed by atoms with Crippen LogP contribution in [0.5, 0.6) is 0 Å². The Hall–Kier alpha value is -2.61. The van der Waals surface area contributed by atoms with Gasteiger partial charge >= 0.3 is 0 Å². The van der Waals surface area contributed by atoms with Crippen molar-refractivity contribution in [3.8, 4) is 11.1 Å². The van der Waals surface area contributed by atoms with Crippen LogP contribution in [0.1, 0.15) is 30.9 Å². The van der Waals surface area contributed by atoms with Gasteiger partial charge in [-0.2, -0.15) is 0 Å². The summed E-state index contributed by atoms with van der Waals surface area (Å²) in [4.78, 5) is 4.41. The van der Waals surface area contributed by atoms with E-state index in [1.165, 1.54) is 11.1 Å². The molecule has 0 atom stereocenters. The highest BCUT2D eigenvalue weighted by Crippen LogP contribution is 2.37. The van der Waals surface area contributed by atoms with Gasteiger partial charge in [0.2, 0.25) is 0 Å². The molecular weight excluding hydrogens is 282 g/mol. The van der Waals surface area contributed by atoms with Crippen molar-refractivity contribution in [2.45, 2.75) is 26.7 Å². The number of pyridine rings is 1. The van der Waals surface area contributed by atoms with Crippen LogP contribution >= 0.6 is 0 Å². The van der Waals surface area contributed by atoms with E-state index in [9.17, 15) is 0 Å². The second kappa shape index (κ2) is 5.24. The van der Waals surface area contributed by atoms with E-state index in [-0.39, 0.29) is 0 Å². The maximum absolute atomic E-state index is 6.32. The molecule has 2 aromatic carbocycles. The van der Waals surface area contributed by atoms with Gasteiger partial charge in [0.25, 0.3) is 0 Å². The van der Waals surface area contributed by atoms with E-state index in [1.807, 2.05) is 12.4 Å². The highest BCUT2D eigenvalue weighted by molar-refractivity contribution is 6.10. The van der Waals surface area contributed by atoms with Crippen LogP contribution in [0, 0.1) is 6.92 Å². The van der Waals surface area contributed by atoms with Gasteiger partial charge in [0.1, 0.15) is 11.2 Å².